The van der Waals surface area contributed by atoms with E-state index in [4.69, 9.17) is 23.7 Å². The smallest absolute Gasteiger partial charge is 0.306 e. The molecule has 0 saturated heterocycles. The molecule has 0 N–H and O–H groups in total. The normalized spacial score (nSPS) is 12.6. The molecule has 0 aliphatic carbocycles. The summed E-state index contributed by atoms with van der Waals surface area (Å²) in [7, 11) is 3.96. The standard InChI is InChI=1S/C60H112N2O9/c1-8-13-17-21-22-23-24-25-26-27-28-29-30-31-35-43-57(64)69-52-54(62(49-40-48-61(6)7)56(63)46-47-59(66)71-55(41-12-5)42-34-20-16-11-4)53-70-58(65)44-36-37-45-60(67-50-38-32-18-14-9-2)68-51-39-33-19-15-10-3/h22-23,25-26,54-55,60H,8-21,24,27-53H2,1-7H3/b23-22-,26-25-. The number of rotatable bonds is 53. The Morgan fingerprint density at radius 1 is 0.437 bits per heavy atom. The molecule has 0 aliphatic heterocycles. The third-order valence-corrected chi connectivity index (χ3v) is 13.0. The van der Waals surface area contributed by atoms with E-state index < -0.39 is 6.04 Å². The largest absolute Gasteiger partial charge is 0.463 e. The molecule has 2 atom stereocenters. The van der Waals surface area contributed by atoms with Crippen molar-refractivity contribution in [1.29, 1.82) is 0 Å². The molecule has 0 aromatic carbocycles. The van der Waals surface area contributed by atoms with Crippen LogP contribution in [0.1, 0.15) is 266 Å². The minimum atomic E-state index is -0.689. The van der Waals surface area contributed by atoms with Gasteiger partial charge < -0.3 is 33.5 Å². The Hall–Kier alpha value is -2.76. The summed E-state index contributed by atoms with van der Waals surface area (Å²) in [6, 6.07) is -0.689. The summed E-state index contributed by atoms with van der Waals surface area (Å²) in [5, 5.41) is 0. The second-order valence-electron chi connectivity index (χ2n) is 20.2. The second kappa shape index (κ2) is 52.1. The molecule has 416 valence electrons. The number of hydrogen-bond acceptors (Lipinski definition) is 10. The summed E-state index contributed by atoms with van der Waals surface area (Å²) in [5.74, 6) is -1.30. The number of esters is 3. The molecule has 71 heavy (non-hydrogen) atoms. The van der Waals surface area contributed by atoms with Crippen LogP contribution in [0, 0.1) is 0 Å². The number of unbranched alkanes of at least 4 members (excludes halogenated alkanes) is 20. The van der Waals surface area contributed by atoms with E-state index in [1.807, 2.05) is 14.1 Å². The van der Waals surface area contributed by atoms with Crippen LogP contribution in [0.25, 0.3) is 0 Å². The highest BCUT2D eigenvalue weighted by atomic mass is 16.7. The monoisotopic (exact) mass is 1000 g/mol. The number of amides is 1. The molecular weight excluding hydrogens is 893 g/mol. The molecule has 0 heterocycles. The van der Waals surface area contributed by atoms with Gasteiger partial charge in [-0.05, 0) is 117 Å². The Bertz CT molecular complexity index is 1270. The number of hydrogen-bond donors (Lipinski definition) is 0. The molecule has 0 aromatic rings. The van der Waals surface area contributed by atoms with Crippen LogP contribution in [0.3, 0.4) is 0 Å². The van der Waals surface area contributed by atoms with Crippen molar-refractivity contribution in [2.45, 2.75) is 284 Å². The second-order valence-corrected chi connectivity index (χ2v) is 20.2. The lowest BCUT2D eigenvalue weighted by Crippen LogP contribution is -2.47. The van der Waals surface area contributed by atoms with Gasteiger partial charge in [0.1, 0.15) is 19.3 Å². The van der Waals surface area contributed by atoms with E-state index in [0.717, 1.165) is 129 Å². The quantitative estimate of drug-likeness (QED) is 0.0191. The fourth-order valence-corrected chi connectivity index (χ4v) is 8.52. The summed E-state index contributed by atoms with van der Waals surface area (Å²) >= 11 is 0. The summed E-state index contributed by atoms with van der Waals surface area (Å²) in [6.45, 7) is 13.2. The lowest BCUT2D eigenvalue weighted by Gasteiger charge is -2.32. The van der Waals surface area contributed by atoms with E-state index in [1.54, 1.807) is 4.90 Å². The number of nitrogens with zero attached hydrogens (tertiary/aromatic N) is 2. The third kappa shape index (κ3) is 45.6. The molecule has 0 rings (SSSR count). The van der Waals surface area contributed by atoms with E-state index in [1.165, 1.54) is 64.2 Å². The molecule has 0 aromatic heterocycles. The van der Waals surface area contributed by atoms with Crippen LogP contribution >= 0.6 is 0 Å². The first kappa shape index (κ1) is 68.2. The Morgan fingerprint density at radius 2 is 0.915 bits per heavy atom. The summed E-state index contributed by atoms with van der Waals surface area (Å²) in [6.07, 6.45) is 42.6. The van der Waals surface area contributed by atoms with Gasteiger partial charge in [0.25, 0.3) is 0 Å². The van der Waals surface area contributed by atoms with E-state index >= 15 is 0 Å². The maximum absolute atomic E-state index is 14.1. The first-order valence-electron chi connectivity index (χ1n) is 29.6. The van der Waals surface area contributed by atoms with Crippen LogP contribution in [-0.2, 0) is 42.9 Å². The van der Waals surface area contributed by atoms with Gasteiger partial charge in [-0.2, -0.15) is 0 Å². The zero-order chi connectivity index (χ0) is 52.3. The first-order valence-corrected chi connectivity index (χ1v) is 29.6. The van der Waals surface area contributed by atoms with E-state index in [2.05, 4.69) is 63.8 Å². The molecule has 0 spiro atoms. The molecule has 1 amide bonds. The van der Waals surface area contributed by atoms with Gasteiger partial charge in [-0.25, -0.2) is 0 Å². The molecule has 11 heteroatoms. The van der Waals surface area contributed by atoms with Gasteiger partial charge in [0.2, 0.25) is 5.91 Å². The molecule has 2 unspecified atom stereocenters. The van der Waals surface area contributed by atoms with Crippen molar-refractivity contribution in [2.24, 2.45) is 0 Å². The van der Waals surface area contributed by atoms with Crippen molar-refractivity contribution < 1.29 is 42.9 Å². The zero-order valence-electron chi connectivity index (χ0n) is 47.3. The van der Waals surface area contributed by atoms with Crippen molar-refractivity contribution in [2.75, 3.05) is 53.6 Å². The minimum absolute atomic E-state index is 0.0382. The molecule has 0 aliphatic rings. The average Bonchev–Trinajstić information content (AvgIpc) is 3.35. The average molecular weight is 1010 g/mol. The van der Waals surface area contributed by atoms with Crippen molar-refractivity contribution in [3.05, 3.63) is 24.3 Å². The highest BCUT2D eigenvalue weighted by Gasteiger charge is 2.28. The van der Waals surface area contributed by atoms with Gasteiger partial charge in [0.05, 0.1) is 12.5 Å². The van der Waals surface area contributed by atoms with Crippen LogP contribution in [0.2, 0.25) is 0 Å². The molecule has 11 nitrogen and oxygen atoms in total. The molecular formula is C60H112N2O9. The summed E-state index contributed by atoms with van der Waals surface area (Å²) < 4.78 is 30.0. The molecule has 0 radical (unpaired) electrons. The lowest BCUT2D eigenvalue weighted by molar-refractivity contribution is -0.156. The first-order chi connectivity index (χ1) is 34.6. The van der Waals surface area contributed by atoms with Crippen LogP contribution in [0.4, 0.5) is 0 Å². The van der Waals surface area contributed by atoms with Gasteiger partial charge >= 0.3 is 17.9 Å². The molecule has 0 fully saturated rings. The van der Waals surface area contributed by atoms with Gasteiger partial charge in [-0.3, -0.25) is 19.2 Å². The van der Waals surface area contributed by atoms with Gasteiger partial charge in [0, 0.05) is 39.0 Å². The van der Waals surface area contributed by atoms with Crippen LogP contribution < -0.4 is 0 Å². The Labute approximate surface area is 437 Å². The van der Waals surface area contributed by atoms with E-state index in [0.29, 0.717) is 45.4 Å². The Morgan fingerprint density at radius 3 is 1.48 bits per heavy atom. The SMILES string of the molecule is CCCCC/C=C\C/C=C\CCCCCCCC(=O)OCC(COC(=O)CCCCC(OCCCCCCC)OCCCCCCC)N(CCCN(C)C)C(=O)CCC(=O)OC(CCC)CCCCCC. The van der Waals surface area contributed by atoms with Crippen LogP contribution in [-0.4, -0.2) is 106 Å². The van der Waals surface area contributed by atoms with Gasteiger partial charge in [0.15, 0.2) is 6.29 Å². The van der Waals surface area contributed by atoms with Gasteiger partial charge in [-0.1, -0.05) is 168 Å². The highest BCUT2D eigenvalue weighted by molar-refractivity contribution is 5.82. The van der Waals surface area contributed by atoms with Crippen LogP contribution in [0.5, 0.6) is 0 Å². The number of carbonyl (C=O) groups excluding carboxylic acids is 4. The predicted molar refractivity (Wildman–Crippen MR) is 294 cm³/mol. The van der Waals surface area contributed by atoms with E-state index in [-0.39, 0.29) is 68.7 Å². The Balaban J connectivity index is 5.59. The topological polar surface area (TPSA) is 121 Å². The zero-order valence-corrected chi connectivity index (χ0v) is 47.3. The van der Waals surface area contributed by atoms with Crippen molar-refractivity contribution in [3.8, 4) is 0 Å². The third-order valence-electron chi connectivity index (χ3n) is 13.0. The highest BCUT2D eigenvalue weighted by Crippen LogP contribution is 2.18. The number of allylic oxidation sites excluding steroid dienone is 4. The van der Waals surface area contributed by atoms with Crippen molar-refractivity contribution in [3.63, 3.8) is 0 Å². The fraction of sp³-hybridized carbons (Fsp3) is 0.867. The van der Waals surface area contributed by atoms with Gasteiger partial charge in [-0.15, -0.1) is 0 Å². The number of ether oxygens (including phenoxy) is 5. The van der Waals surface area contributed by atoms with Crippen molar-refractivity contribution >= 4 is 23.8 Å². The maximum atomic E-state index is 14.1. The molecule has 0 saturated carbocycles. The van der Waals surface area contributed by atoms with Crippen molar-refractivity contribution in [1.82, 2.24) is 9.80 Å². The van der Waals surface area contributed by atoms with E-state index in [9.17, 15) is 19.2 Å². The summed E-state index contributed by atoms with van der Waals surface area (Å²) in [4.78, 5) is 57.4. The fourth-order valence-electron chi connectivity index (χ4n) is 8.52. The lowest BCUT2D eigenvalue weighted by atomic mass is 10.1. The van der Waals surface area contributed by atoms with Crippen LogP contribution in [0.15, 0.2) is 24.3 Å². The summed E-state index contributed by atoms with van der Waals surface area (Å²) in [5.41, 5.74) is 0. The molecule has 0 bridgehead atoms. The minimum Gasteiger partial charge on any atom is -0.463 e. The number of carbonyl (C=O) groups is 4. The maximum Gasteiger partial charge on any atom is 0.306 e. The Kier molecular flexibility index (Phi) is 50.1. The predicted octanol–water partition coefficient (Wildman–Crippen LogP) is 15.4.